The van der Waals surface area contributed by atoms with Crippen LogP contribution < -0.4 is 14.8 Å². The number of nitrogens with one attached hydrogen (secondary N) is 1. The molecule has 9 heteroatoms. The van der Waals surface area contributed by atoms with E-state index in [0.717, 1.165) is 0 Å². The Morgan fingerprint density at radius 3 is 2.21 bits per heavy atom. The first-order valence-electron chi connectivity index (χ1n) is 10.6. The maximum absolute atomic E-state index is 13.2. The second kappa shape index (κ2) is 10.2. The van der Waals surface area contributed by atoms with Crippen LogP contribution in [0.4, 0.5) is 5.13 Å². The molecule has 0 saturated carbocycles. The Bertz CT molecular complexity index is 1250. The molecule has 2 N–H and O–H groups in total. The largest absolute Gasteiger partial charge is 0.504 e. The van der Waals surface area contributed by atoms with Crippen LogP contribution in [-0.4, -0.2) is 35.2 Å². The Balaban J connectivity index is 1.79. The quantitative estimate of drug-likeness (QED) is 0.353. The van der Waals surface area contributed by atoms with Gasteiger partial charge < -0.3 is 19.3 Å². The van der Waals surface area contributed by atoms with Crippen molar-refractivity contribution in [3.05, 3.63) is 82.8 Å². The number of benzene rings is 2. The fourth-order valence-electron chi connectivity index (χ4n) is 3.41. The third kappa shape index (κ3) is 4.79. The van der Waals surface area contributed by atoms with Crippen molar-refractivity contribution in [2.75, 3.05) is 18.5 Å². The molecule has 34 heavy (non-hydrogen) atoms. The van der Waals surface area contributed by atoms with E-state index >= 15 is 0 Å². The number of carbonyl (C=O) groups is 2. The fraction of sp³-hybridized carbons (Fsp3) is 0.160. The lowest BCUT2D eigenvalue weighted by atomic mass is 10.0. The number of thiazole rings is 1. The third-order valence-corrected chi connectivity index (χ3v) is 5.55. The Morgan fingerprint density at radius 1 is 1.03 bits per heavy atom. The number of carbonyl (C=O) groups excluding carboxylic acids is 2. The van der Waals surface area contributed by atoms with Crippen LogP contribution in [0.25, 0.3) is 11.1 Å². The molecular formula is C25H22N2O6S. The monoisotopic (exact) mass is 478 g/mol. The molecule has 0 unspecified atom stereocenters. The minimum atomic E-state index is -0.762. The first-order chi connectivity index (χ1) is 16.5. The molecular weight excluding hydrogens is 456 g/mol. The van der Waals surface area contributed by atoms with E-state index in [-0.39, 0.29) is 16.9 Å². The second-order valence-electron chi connectivity index (χ2n) is 7.02. The molecule has 2 aromatic carbocycles. The van der Waals surface area contributed by atoms with E-state index in [1.807, 2.05) is 13.8 Å². The molecule has 4 rings (SSSR count). The number of ether oxygens (including phenoxy) is 3. The van der Waals surface area contributed by atoms with Crippen LogP contribution in [0, 0.1) is 0 Å². The molecule has 1 amide bonds. The molecule has 1 aromatic heterocycles. The lowest BCUT2D eigenvalue weighted by Gasteiger charge is -2.12. The van der Waals surface area contributed by atoms with Crippen molar-refractivity contribution < 1.29 is 28.9 Å². The summed E-state index contributed by atoms with van der Waals surface area (Å²) in [6, 6.07) is 13.4. The van der Waals surface area contributed by atoms with Gasteiger partial charge in [-0.1, -0.05) is 24.3 Å². The van der Waals surface area contributed by atoms with E-state index in [2.05, 4.69) is 10.3 Å². The number of rotatable bonds is 8. The summed E-state index contributed by atoms with van der Waals surface area (Å²) in [6.07, 6.45) is 1.56. The lowest BCUT2D eigenvalue weighted by Crippen LogP contribution is -2.16. The van der Waals surface area contributed by atoms with Gasteiger partial charge in [0.05, 0.1) is 18.8 Å². The van der Waals surface area contributed by atoms with Crippen molar-refractivity contribution in [3.63, 3.8) is 0 Å². The minimum Gasteiger partial charge on any atom is -0.504 e. The number of nitrogens with zero attached hydrogens (tertiary/aromatic N) is 1. The zero-order valence-corrected chi connectivity index (χ0v) is 19.3. The van der Waals surface area contributed by atoms with Gasteiger partial charge in [-0.05, 0) is 49.2 Å². The Morgan fingerprint density at radius 2 is 1.65 bits per heavy atom. The number of aliphatic hydroxyl groups is 1. The molecule has 0 fully saturated rings. The highest BCUT2D eigenvalue weighted by atomic mass is 32.1. The van der Waals surface area contributed by atoms with Gasteiger partial charge in [-0.3, -0.25) is 10.1 Å². The number of cyclic esters (lactones) is 1. The van der Waals surface area contributed by atoms with Crippen LogP contribution in [0.1, 0.15) is 25.0 Å². The van der Waals surface area contributed by atoms with Gasteiger partial charge in [0.25, 0.3) is 5.91 Å². The summed E-state index contributed by atoms with van der Waals surface area (Å²) in [5, 5.41) is 15.8. The maximum atomic E-state index is 13.2. The van der Waals surface area contributed by atoms with E-state index in [1.54, 1.807) is 60.1 Å². The summed E-state index contributed by atoms with van der Waals surface area (Å²) in [7, 11) is 0. The van der Waals surface area contributed by atoms with Crippen molar-refractivity contribution in [2.45, 2.75) is 13.8 Å². The molecule has 0 saturated heterocycles. The molecule has 0 radical (unpaired) electrons. The standard InChI is InChI=1S/C25H22N2O6S/c1-3-31-17-9-5-15(6-10-17)19-21(28)22(33-24(19)30)20(23(29)27-25-26-13-14-34-25)16-7-11-18(12-8-16)32-4-2/h5-14,28H,3-4H2,1-2H3,(H,26,27,29). The lowest BCUT2D eigenvalue weighted by molar-refractivity contribution is -0.131. The summed E-state index contributed by atoms with van der Waals surface area (Å²) < 4.78 is 16.3. The average molecular weight is 479 g/mol. The van der Waals surface area contributed by atoms with Crippen LogP contribution in [0.2, 0.25) is 0 Å². The van der Waals surface area contributed by atoms with Crippen molar-refractivity contribution in [1.82, 2.24) is 4.98 Å². The molecule has 3 aromatic rings. The molecule has 0 atom stereocenters. The van der Waals surface area contributed by atoms with Gasteiger partial charge in [-0.25, -0.2) is 9.78 Å². The van der Waals surface area contributed by atoms with E-state index in [0.29, 0.717) is 41.0 Å². The first kappa shape index (κ1) is 23.1. The number of anilines is 1. The third-order valence-electron chi connectivity index (χ3n) is 4.87. The van der Waals surface area contributed by atoms with Gasteiger partial charge in [0, 0.05) is 11.6 Å². The predicted molar refractivity (Wildman–Crippen MR) is 129 cm³/mol. The molecule has 174 valence electrons. The van der Waals surface area contributed by atoms with Crippen LogP contribution in [0.3, 0.4) is 0 Å². The highest BCUT2D eigenvalue weighted by Gasteiger charge is 2.36. The predicted octanol–water partition coefficient (Wildman–Crippen LogP) is 4.82. The molecule has 2 heterocycles. The summed E-state index contributed by atoms with van der Waals surface area (Å²) in [4.78, 5) is 30.1. The normalized spacial score (nSPS) is 14.6. The SMILES string of the molecule is CCOc1ccc(C2=C(O)C(=C(C(=O)Nc3nccs3)c3ccc(OCC)cc3)OC2=O)cc1. The van der Waals surface area contributed by atoms with Gasteiger partial charge in [0.15, 0.2) is 16.6 Å². The zero-order chi connectivity index (χ0) is 24.1. The summed E-state index contributed by atoms with van der Waals surface area (Å²) in [6.45, 7) is 4.73. The molecule has 0 spiro atoms. The van der Waals surface area contributed by atoms with Crippen LogP contribution in [0.15, 0.2) is 71.6 Å². The van der Waals surface area contributed by atoms with Crippen LogP contribution in [0.5, 0.6) is 11.5 Å². The van der Waals surface area contributed by atoms with E-state index in [1.165, 1.54) is 11.3 Å². The first-order valence-corrected chi connectivity index (χ1v) is 11.5. The summed E-state index contributed by atoms with van der Waals surface area (Å²) >= 11 is 1.24. The molecule has 0 bridgehead atoms. The van der Waals surface area contributed by atoms with Crippen molar-refractivity contribution in [1.29, 1.82) is 0 Å². The van der Waals surface area contributed by atoms with E-state index < -0.39 is 17.6 Å². The molecule has 8 nitrogen and oxygen atoms in total. The summed E-state index contributed by atoms with van der Waals surface area (Å²) in [5.41, 5.74) is 0.820. The van der Waals surface area contributed by atoms with Gasteiger partial charge in [-0.2, -0.15) is 0 Å². The Labute approximate surface area is 200 Å². The van der Waals surface area contributed by atoms with E-state index in [9.17, 15) is 14.7 Å². The van der Waals surface area contributed by atoms with E-state index in [4.69, 9.17) is 14.2 Å². The van der Waals surface area contributed by atoms with Gasteiger partial charge in [-0.15, -0.1) is 11.3 Å². The van der Waals surface area contributed by atoms with Crippen molar-refractivity contribution in [3.8, 4) is 11.5 Å². The zero-order valence-electron chi connectivity index (χ0n) is 18.5. The topological polar surface area (TPSA) is 107 Å². The van der Waals surface area contributed by atoms with Crippen molar-refractivity contribution in [2.24, 2.45) is 0 Å². The average Bonchev–Trinajstić information content (AvgIpc) is 3.44. The number of hydrogen-bond donors (Lipinski definition) is 2. The van der Waals surface area contributed by atoms with Gasteiger partial charge in [0.2, 0.25) is 0 Å². The molecule has 1 aliphatic rings. The van der Waals surface area contributed by atoms with Crippen LogP contribution in [-0.2, 0) is 14.3 Å². The Hall–Kier alpha value is -4.11. The second-order valence-corrected chi connectivity index (χ2v) is 7.92. The van der Waals surface area contributed by atoms with Gasteiger partial charge >= 0.3 is 5.97 Å². The number of esters is 1. The number of aromatic nitrogens is 1. The summed E-state index contributed by atoms with van der Waals surface area (Å²) in [5.74, 6) is -0.747. The van der Waals surface area contributed by atoms with Gasteiger partial charge in [0.1, 0.15) is 17.1 Å². The minimum absolute atomic E-state index is 0.00923. The highest BCUT2D eigenvalue weighted by Crippen LogP contribution is 2.37. The number of aliphatic hydroxyl groups excluding tert-OH is 1. The smallest absolute Gasteiger partial charge is 0.348 e. The highest BCUT2D eigenvalue weighted by molar-refractivity contribution is 7.13. The fourth-order valence-corrected chi connectivity index (χ4v) is 3.93. The van der Waals surface area contributed by atoms with Crippen LogP contribution >= 0.6 is 11.3 Å². The number of hydrogen-bond acceptors (Lipinski definition) is 8. The Kier molecular flexibility index (Phi) is 6.93. The van der Waals surface area contributed by atoms with Crippen molar-refractivity contribution >= 4 is 39.5 Å². The maximum Gasteiger partial charge on any atom is 0.348 e. The number of amides is 1. The molecule has 0 aliphatic carbocycles. The molecule has 1 aliphatic heterocycles.